The monoisotopic (exact) mass is 313 g/mol. The summed E-state index contributed by atoms with van der Waals surface area (Å²) in [5.41, 5.74) is 0. The van der Waals surface area contributed by atoms with Gasteiger partial charge in [0, 0.05) is 50.7 Å². The molecule has 7 nitrogen and oxygen atoms in total. The van der Waals surface area contributed by atoms with Crippen LogP contribution in [0.1, 0.15) is 12.8 Å². The molecule has 0 radical (unpaired) electrons. The molecule has 2 aliphatic heterocycles. The van der Waals surface area contributed by atoms with Gasteiger partial charge in [-0.05, 0) is 12.8 Å². The van der Waals surface area contributed by atoms with Crippen molar-refractivity contribution in [3.05, 3.63) is 12.3 Å². The van der Waals surface area contributed by atoms with E-state index >= 15 is 0 Å². The van der Waals surface area contributed by atoms with Gasteiger partial charge in [0.2, 0.25) is 10.0 Å². The summed E-state index contributed by atoms with van der Waals surface area (Å²) in [5.74, 6) is 1.61. The molecule has 0 saturated carbocycles. The second kappa shape index (κ2) is 5.94. The minimum Gasteiger partial charge on any atom is -0.370 e. The lowest BCUT2D eigenvalue weighted by atomic mass is 10.0. The molecule has 0 unspecified atom stereocenters. The van der Waals surface area contributed by atoms with Gasteiger partial charge in [-0.1, -0.05) is 0 Å². The zero-order valence-electron chi connectivity index (χ0n) is 12.3. The third-order valence-corrected chi connectivity index (χ3v) is 5.64. The molecule has 0 spiro atoms. The van der Waals surface area contributed by atoms with Crippen LogP contribution in [0.3, 0.4) is 0 Å². The number of piperidine rings is 1. The van der Waals surface area contributed by atoms with Crippen molar-refractivity contribution in [2.75, 3.05) is 37.8 Å². The molecule has 1 saturated heterocycles. The maximum atomic E-state index is 11.5. The van der Waals surface area contributed by atoms with E-state index in [-0.39, 0.29) is 0 Å². The first-order valence-electron chi connectivity index (χ1n) is 7.46. The molecule has 1 aromatic heterocycles. The summed E-state index contributed by atoms with van der Waals surface area (Å²) in [6.45, 7) is 4.09. The largest absolute Gasteiger partial charge is 0.370 e. The van der Waals surface area contributed by atoms with E-state index in [1.165, 1.54) is 6.26 Å². The van der Waals surface area contributed by atoms with Crippen LogP contribution in [0.25, 0.3) is 0 Å². The zero-order valence-corrected chi connectivity index (χ0v) is 13.1. The Kier molecular flexibility index (Phi) is 4.19. The van der Waals surface area contributed by atoms with Gasteiger partial charge in [-0.25, -0.2) is 17.4 Å². The number of anilines is 1. The van der Waals surface area contributed by atoms with Gasteiger partial charge < -0.3 is 10.6 Å². The molecule has 3 rings (SSSR count). The molecule has 2 aliphatic rings. The van der Waals surface area contributed by atoms with Gasteiger partial charge in [0.1, 0.15) is 5.82 Å². The Hall–Kier alpha value is -1.12. The number of hydrogen-bond donors (Lipinski definition) is 2. The van der Waals surface area contributed by atoms with Crippen molar-refractivity contribution in [2.24, 2.45) is 5.92 Å². The molecule has 1 aromatic rings. The van der Waals surface area contributed by atoms with Gasteiger partial charge in [-0.2, -0.15) is 5.10 Å². The van der Waals surface area contributed by atoms with Crippen molar-refractivity contribution in [1.82, 2.24) is 19.4 Å². The first-order valence-corrected chi connectivity index (χ1v) is 9.31. The van der Waals surface area contributed by atoms with E-state index in [0.717, 1.165) is 38.3 Å². The van der Waals surface area contributed by atoms with Gasteiger partial charge in [0.25, 0.3) is 0 Å². The molecule has 0 amide bonds. The second-order valence-electron chi connectivity index (χ2n) is 5.99. The molecule has 2 N–H and O–H groups in total. The fraction of sp³-hybridized carbons (Fsp3) is 0.769. The Bertz CT molecular complexity index is 577. The molecule has 21 heavy (non-hydrogen) atoms. The van der Waals surface area contributed by atoms with Gasteiger partial charge in [0.05, 0.1) is 12.5 Å². The molecule has 118 valence electrons. The van der Waals surface area contributed by atoms with Crippen molar-refractivity contribution in [1.29, 1.82) is 0 Å². The van der Waals surface area contributed by atoms with Crippen molar-refractivity contribution in [2.45, 2.75) is 25.4 Å². The lowest BCUT2D eigenvalue weighted by molar-refractivity contribution is 0.274. The fourth-order valence-corrected chi connectivity index (χ4v) is 3.92. The lowest BCUT2D eigenvalue weighted by Gasteiger charge is -2.32. The van der Waals surface area contributed by atoms with Gasteiger partial charge in [-0.3, -0.25) is 0 Å². The topological polar surface area (TPSA) is 79.3 Å². The highest BCUT2D eigenvalue weighted by molar-refractivity contribution is 7.88. The third-order valence-electron chi connectivity index (χ3n) is 4.34. The van der Waals surface area contributed by atoms with E-state index in [1.54, 1.807) is 4.31 Å². The molecule has 8 heteroatoms. The van der Waals surface area contributed by atoms with E-state index in [2.05, 4.69) is 15.7 Å². The van der Waals surface area contributed by atoms with Crippen molar-refractivity contribution in [3.8, 4) is 0 Å². The van der Waals surface area contributed by atoms with Gasteiger partial charge in [0.15, 0.2) is 0 Å². The lowest BCUT2D eigenvalue weighted by Crippen LogP contribution is -2.46. The van der Waals surface area contributed by atoms with Crippen LogP contribution in [0.5, 0.6) is 0 Å². The van der Waals surface area contributed by atoms with E-state index in [9.17, 15) is 8.42 Å². The number of nitrogens with one attached hydrogen (secondary N) is 2. The van der Waals surface area contributed by atoms with Crippen molar-refractivity contribution < 1.29 is 8.42 Å². The van der Waals surface area contributed by atoms with Gasteiger partial charge in [-0.15, -0.1) is 0 Å². The highest BCUT2D eigenvalue weighted by Crippen LogP contribution is 2.17. The smallest absolute Gasteiger partial charge is 0.211 e. The molecule has 0 aromatic carbocycles. The Morgan fingerprint density at radius 1 is 1.43 bits per heavy atom. The van der Waals surface area contributed by atoms with Crippen LogP contribution in [-0.4, -0.2) is 61.0 Å². The van der Waals surface area contributed by atoms with Crippen LogP contribution in [0.4, 0.5) is 5.82 Å². The highest BCUT2D eigenvalue weighted by atomic mass is 32.2. The zero-order chi connectivity index (χ0) is 14.9. The Labute approximate surface area is 125 Å². The van der Waals surface area contributed by atoms with Crippen LogP contribution in [0.2, 0.25) is 0 Å². The maximum Gasteiger partial charge on any atom is 0.211 e. The van der Waals surface area contributed by atoms with E-state index in [1.807, 2.05) is 16.9 Å². The molecular weight excluding hydrogens is 290 g/mol. The molecule has 3 heterocycles. The predicted molar refractivity (Wildman–Crippen MR) is 81.6 cm³/mol. The highest BCUT2D eigenvalue weighted by Gasteiger charge is 2.25. The van der Waals surface area contributed by atoms with Crippen LogP contribution in [-0.2, 0) is 16.6 Å². The summed E-state index contributed by atoms with van der Waals surface area (Å²) < 4.78 is 26.5. The summed E-state index contributed by atoms with van der Waals surface area (Å²) in [5, 5.41) is 11.3. The first kappa shape index (κ1) is 14.8. The van der Waals surface area contributed by atoms with Crippen molar-refractivity contribution in [3.63, 3.8) is 0 Å². The fourth-order valence-electron chi connectivity index (χ4n) is 3.05. The summed E-state index contributed by atoms with van der Waals surface area (Å²) in [7, 11) is -3.03. The number of fused-ring (bicyclic) bond motifs is 1. The number of rotatable bonds is 4. The van der Waals surface area contributed by atoms with E-state index in [0.29, 0.717) is 25.0 Å². The van der Waals surface area contributed by atoms with Crippen LogP contribution < -0.4 is 10.6 Å². The Morgan fingerprint density at radius 2 is 2.19 bits per heavy atom. The van der Waals surface area contributed by atoms with Crippen LogP contribution >= 0.6 is 0 Å². The maximum absolute atomic E-state index is 11.5. The first-order chi connectivity index (χ1) is 10.0. The Balaban J connectivity index is 1.43. The van der Waals surface area contributed by atoms with E-state index < -0.39 is 10.0 Å². The summed E-state index contributed by atoms with van der Waals surface area (Å²) in [6.07, 6.45) is 4.88. The molecular formula is C13H23N5O2S. The standard InChI is InChI=1S/C13H23N5O2S/c1-21(19,20)17-6-3-12(4-7-17)14-8-11-9-15-13-2-5-16-18(13)10-11/h2,5,11-12,14-15H,3-4,6-10H2,1H3/t11-/m0/s1. The van der Waals surface area contributed by atoms with Crippen LogP contribution in [0, 0.1) is 5.92 Å². The van der Waals surface area contributed by atoms with E-state index in [4.69, 9.17) is 0 Å². The molecule has 0 aliphatic carbocycles. The van der Waals surface area contributed by atoms with Crippen LogP contribution in [0.15, 0.2) is 12.3 Å². The third kappa shape index (κ3) is 3.56. The minimum atomic E-state index is -3.03. The second-order valence-corrected chi connectivity index (χ2v) is 7.97. The molecule has 1 fully saturated rings. The normalized spacial score (nSPS) is 24.5. The molecule has 0 bridgehead atoms. The molecule has 1 atom stereocenters. The predicted octanol–water partition coefficient (Wildman–Crippen LogP) is -0.0616. The summed E-state index contributed by atoms with van der Waals surface area (Å²) >= 11 is 0. The SMILES string of the molecule is CS(=O)(=O)N1CCC(NC[C@H]2CNc3ccnn3C2)CC1. The minimum absolute atomic E-state index is 0.419. The van der Waals surface area contributed by atoms with Gasteiger partial charge >= 0.3 is 0 Å². The summed E-state index contributed by atoms with van der Waals surface area (Å²) in [4.78, 5) is 0. The summed E-state index contributed by atoms with van der Waals surface area (Å²) in [6, 6.07) is 2.41. The Morgan fingerprint density at radius 3 is 2.90 bits per heavy atom. The quantitative estimate of drug-likeness (QED) is 0.814. The average molecular weight is 313 g/mol. The number of hydrogen-bond acceptors (Lipinski definition) is 5. The number of aromatic nitrogens is 2. The number of sulfonamides is 1. The number of nitrogens with zero attached hydrogens (tertiary/aromatic N) is 3. The van der Waals surface area contributed by atoms with Crippen molar-refractivity contribution >= 4 is 15.8 Å². The average Bonchev–Trinajstić information content (AvgIpc) is 2.92.